The van der Waals surface area contributed by atoms with Crippen molar-refractivity contribution in [1.29, 1.82) is 0 Å². The van der Waals surface area contributed by atoms with Crippen molar-refractivity contribution in [2.24, 2.45) is 5.92 Å². The lowest BCUT2D eigenvalue weighted by atomic mass is 9.85. The van der Waals surface area contributed by atoms with Gasteiger partial charge in [-0.25, -0.2) is 9.97 Å². The third-order valence-corrected chi connectivity index (χ3v) is 4.64. The van der Waals surface area contributed by atoms with Crippen molar-refractivity contribution < 1.29 is 0 Å². The zero-order valence-corrected chi connectivity index (χ0v) is 13.2. The lowest BCUT2D eigenvalue weighted by Crippen LogP contribution is -2.23. The van der Waals surface area contributed by atoms with Crippen LogP contribution in [-0.4, -0.2) is 14.5 Å². The van der Waals surface area contributed by atoms with Crippen molar-refractivity contribution in [2.75, 3.05) is 0 Å². The van der Waals surface area contributed by atoms with Gasteiger partial charge in [-0.15, -0.1) is 11.6 Å². The Bertz CT molecular complexity index is 617. The molecule has 0 saturated heterocycles. The second kappa shape index (κ2) is 5.36. The van der Waals surface area contributed by atoms with E-state index in [1.54, 1.807) is 0 Å². The molecule has 20 heavy (non-hydrogen) atoms. The molecule has 1 fully saturated rings. The number of halogens is 1. The quantitative estimate of drug-likeness (QED) is 0.745. The molecule has 108 valence electrons. The van der Waals surface area contributed by atoms with Gasteiger partial charge in [0.1, 0.15) is 11.3 Å². The second-order valence-electron chi connectivity index (χ2n) is 6.14. The van der Waals surface area contributed by atoms with Crippen LogP contribution in [-0.2, 0) is 0 Å². The molecule has 1 aliphatic rings. The Morgan fingerprint density at radius 2 is 2.10 bits per heavy atom. The molecule has 2 aromatic rings. The van der Waals surface area contributed by atoms with E-state index in [4.69, 9.17) is 16.6 Å². The molecule has 2 heterocycles. The van der Waals surface area contributed by atoms with Gasteiger partial charge in [-0.05, 0) is 44.2 Å². The fourth-order valence-corrected chi connectivity index (χ4v) is 3.54. The van der Waals surface area contributed by atoms with E-state index in [1.807, 2.05) is 13.1 Å². The van der Waals surface area contributed by atoms with E-state index >= 15 is 0 Å². The molecule has 1 saturated carbocycles. The van der Waals surface area contributed by atoms with Gasteiger partial charge in [0.05, 0.1) is 5.38 Å². The van der Waals surface area contributed by atoms with Crippen LogP contribution in [0.25, 0.3) is 11.2 Å². The number of imidazole rings is 1. The summed E-state index contributed by atoms with van der Waals surface area (Å²) in [6.07, 6.45) is 7.04. The number of rotatable bonds is 2. The first-order valence-corrected chi connectivity index (χ1v) is 8.00. The summed E-state index contributed by atoms with van der Waals surface area (Å²) >= 11 is 6.38. The maximum atomic E-state index is 6.38. The zero-order valence-electron chi connectivity index (χ0n) is 12.4. The molecule has 0 radical (unpaired) electrons. The van der Waals surface area contributed by atoms with Crippen LogP contribution in [0.3, 0.4) is 0 Å². The van der Waals surface area contributed by atoms with Gasteiger partial charge in [0.15, 0.2) is 5.65 Å². The highest BCUT2D eigenvalue weighted by molar-refractivity contribution is 6.20. The molecule has 3 unspecified atom stereocenters. The van der Waals surface area contributed by atoms with Gasteiger partial charge in [-0.3, -0.25) is 0 Å². The third kappa shape index (κ3) is 2.32. The van der Waals surface area contributed by atoms with Crippen molar-refractivity contribution >= 4 is 22.8 Å². The lowest BCUT2D eigenvalue weighted by Gasteiger charge is -2.31. The van der Waals surface area contributed by atoms with E-state index in [-0.39, 0.29) is 5.38 Å². The van der Waals surface area contributed by atoms with E-state index in [2.05, 4.69) is 29.5 Å². The molecule has 0 spiro atoms. The van der Waals surface area contributed by atoms with Crippen molar-refractivity contribution in [2.45, 2.75) is 57.9 Å². The van der Waals surface area contributed by atoms with Crippen molar-refractivity contribution in [3.63, 3.8) is 0 Å². The predicted octanol–water partition coefficient (Wildman–Crippen LogP) is 4.79. The van der Waals surface area contributed by atoms with Crippen LogP contribution in [0.5, 0.6) is 0 Å². The van der Waals surface area contributed by atoms with Gasteiger partial charge in [0.2, 0.25) is 0 Å². The summed E-state index contributed by atoms with van der Waals surface area (Å²) in [5.41, 5.74) is 3.12. The number of fused-ring (bicyclic) bond motifs is 1. The molecule has 0 bridgehead atoms. The standard InChI is InChI=1S/C16H22ClN3/c1-10-8-13-16(18-9-10)20(15(19-13)12(3)17)14-7-5-4-6-11(14)2/h8-9,11-12,14H,4-7H2,1-3H3. The van der Waals surface area contributed by atoms with Crippen LogP contribution in [0.15, 0.2) is 12.3 Å². The Morgan fingerprint density at radius 3 is 2.80 bits per heavy atom. The number of alkyl halides is 1. The van der Waals surface area contributed by atoms with E-state index < -0.39 is 0 Å². The topological polar surface area (TPSA) is 30.7 Å². The molecule has 0 aliphatic heterocycles. The normalized spacial score (nSPS) is 25.0. The molecular formula is C16H22ClN3. The van der Waals surface area contributed by atoms with Gasteiger partial charge in [0, 0.05) is 12.2 Å². The number of hydrogen-bond acceptors (Lipinski definition) is 2. The maximum absolute atomic E-state index is 6.38. The fourth-order valence-electron chi connectivity index (χ4n) is 3.39. The van der Waals surface area contributed by atoms with Crippen molar-refractivity contribution in [1.82, 2.24) is 14.5 Å². The average Bonchev–Trinajstić information content (AvgIpc) is 2.78. The Hall–Kier alpha value is -1.09. The molecular weight excluding hydrogens is 270 g/mol. The van der Waals surface area contributed by atoms with Crippen LogP contribution in [0.1, 0.15) is 62.3 Å². The zero-order chi connectivity index (χ0) is 14.3. The summed E-state index contributed by atoms with van der Waals surface area (Å²) in [6.45, 7) is 6.39. The minimum absolute atomic E-state index is 0.0846. The minimum atomic E-state index is -0.0846. The van der Waals surface area contributed by atoms with Crippen molar-refractivity contribution in [3.8, 4) is 0 Å². The van der Waals surface area contributed by atoms with E-state index in [0.717, 1.165) is 22.6 Å². The van der Waals surface area contributed by atoms with Crippen LogP contribution in [0.4, 0.5) is 0 Å². The number of nitrogens with zero attached hydrogens (tertiary/aromatic N) is 3. The Morgan fingerprint density at radius 1 is 1.35 bits per heavy atom. The third-order valence-electron chi connectivity index (χ3n) is 4.45. The van der Waals surface area contributed by atoms with E-state index in [0.29, 0.717) is 12.0 Å². The molecule has 0 N–H and O–H groups in total. The largest absolute Gasteiger partial charge is 0.308 e. The monoisotopic (exact) mass is 291 g/mol. The smallest absolute Gasteiger partial charge is 0.160 e. The van der Waals surface area contributed by atoms with E-state index in [1.165, 1.54) is 25.7 Å². The molecule has 3 rings (SSSR count). The molecule has 1 aliphatic carbocycles. The van der Waals surface area contributed by atoms with Gasteiger partial charge < -0.3 is 4.57 Å². The number of aromatic nitrogens is 3. The average molecular weight is 292 g/mol. The van der Waals surface area contributed by atoms with Crippen LogP contribution < -0.4 is 0 Å². The molecule has 0 amide bonds. The number of hydrogen-bond donors (Lipinski definition) is 0. The van der Waals surface area contributed by atoms with Gasteiger partial charge in [-0.1, -0.05) is 19.8 Å². The molecule has 2 aromatic heterocycles. The second-order valence-corrected chi connectivity index (χ2v) is 6.80. The highest BCUT2D eigenvalue weighted by Crippen LogP contribution is 2.38. The molecule has 3 atom stereocenters. The lowest BCUT2D eigenvalue weighted by molar-refractivity contribution is 0.256. The molecule has 4 heteroatoms. The predicted molar refractivity (Wildman–Crippen MR) is 83.2 cm³/mol. The SMILES string of the molecule is Cc1cnc2c(c1)nc(C(C)Cl)n2C1CCCCC1C. The first-order chi connectivity index (χ1) is 9.58. The first-order valence-electron chi connectivity index (χ1n) is 7.56. The van der Waals surface area contributed by atoms with Crippen LogP contribution >= 0.6 is 11.6 Å². The highest BCUT2D eigenvalue weighted by atomic mass is 35.5. The highest BCUT2D eigenvalue weighted by Gasteiger charge is 2.28. The summed E-state index contributed by atoms with van der Waals surface area (Å²) in [6, 6.07) is 2.59. The van der Waals surface area contributed by atoms with Gasteiger partial charge in [-0.2, -0.15) is 0 Å². The Kier molecular flexibility index (Phi) is 3.72. The van der Waals surface area contributed by atoms with Crippen LogP contribution in [0.2, 0.25) is 0 Å². The van der Waals surface area contributed by atoms with Gasteiger partial charge in [0.25, 0.3) is 0 Å². The summed E-state index contributed by atoms with van der Waals surface area (Å²) in [7, 11) is 0. The fraction of sp³-hybridized carbons (Fsp3) is 0.625. The molecule has 0 aromatic carbocycles. The minimum Gasteiger partial charge on any atom is -0.308 e. The Balaban J connectivity index is 2.18. The maximum Gasteiger partial charge on any atom is 0.160 e. The van der Waals surface area contributed by atoms with Crippen molar-refractivity contribution in [3.05, 3.63) is 23.7 Å². The van der Waals surface area contributed by atoms with E-state index in [9.17, 15) is 0 Å². The Labute approximate surface area is 125 Å². The summed E-state index contributed by atoms with van der Waals surface area (Å²) in [5, 5.41) is -0.0846. The summed E-state index contributed by atoms with van der Waals surface area (Å²) < 4.78 is 2.32. The number of aryl methyl sites for hydroxylation is 1. The molecule has 3 nitrogen and oxygen atoms in total. The number of pyridine rings is 1. The summed E-state index contributed by atoms with van der Waals surface area (Å²) in [4.78, 5) is 9.39. The summed E-state index contributed by atoms with van der Waals surface area (Å²) in [5.74, 6) is 1.64. The first kappa shape index (κ1) is 13.9. The van der Waals surface area contributed by atoms with Gasteiger partial charge >= 0.3 is 0 Å². The van der Waals surface area contributed by atoms with Crippen LogP contribution in [0, 0.1) is 12.8 Å².